The van der Waals surface area contributed by atoms with Gasteiger partial charge in [0.15, 0.2) is 0 Å². The minimum atomic E-state index is -4.29. The summed E-state index contributed by atoms with van der Waals surface area (Å²) in [5.74, 6) is -0.330. The van der Waals surface area contributed by atoms with Gasteiger partial charge in [-0.3, -0.25) is 13.8 Å². The van der Waals surface area contributed by atoms with Crippen LogP contribution in [0.5, 0.6) is 0 Å². The summed E-state index contributed by atoms with van der Waals surface area (Å²) in [6, 6.07) is 0. The Labute approximate surface area is 377 Å². The maximum atomic E-state index is 12.7. The van der Waals surface area contributed by atoms with Crippen LogP contribution in [0.1, 0.15) is 206 Å². The molecule has 1 N–H and O–H groups in total. The molecule has 61 heavy (non-hydrogen) atoms. The highest BCUT2D eigenvalue weighted by atomic mass is 31.2. The van der Waals surface area contributed by atoms with Crippen LogP contribution in [0, 0.1) is 0 Å². The van der Waals surface area contributed by atoms with E-state index in [0.29, 0.717) is 24.1 Å². The number of carbonyl (C=O) groups is 1. The fraction of sp³-hybridized carbons (Fsp3) is 0.788. The molecule has 2 unspecified atom stereocenters. The van der Waals surface area contributed by atoms with Gasteiger partial charge in [0, 0.05) is 13.0 Å². The zero-order valence-electron chi connectivity index (χ0n) is 40.4. The number of quaternary nitrogens is 1. The first-order valence-electron chi connectivity index (χ1n) is 25.0. The molecule has 0 aliphatic carbocycles. The van der Waals surface area contributed by atoms with Crippen molar-refractivity contribution >= 4 is 13.8 Å². The maximum Gasteiger partial charge on any atom is 0.472 e. The van der Waals surface area contributed by atoms with Crippen LogP contribution in [0.15, 0.2) is 60.8 Å². The molecule has 0 radical (unpaired) electrons. The molecular formula is C52H97NO7P+. The lowest BCUT2D eigenvalue weighted by Gasteiger charge is -2.24. The summed E-state index contributed by atoms with van der Waals surface area (Å²) in [4.78, 5) is 22.9. The molecule has 356 valence electrons. The third-order valence-electron chi connectivity index (χ3n) is 10.6. The van der Waals surface area contributed by atoms with Crippen LogP contribution in [0.25, 0.3) is 0 Å². The number of carbonyl (C=O) groups excluding carboxylic acids is 1. The van der Waals surface area contributed by atoms with E-state index in [2.05, 4.69) is 74.6 Å². The molecule has 0 aromatic carbocycles. The number of hydrogen-bond donors (Lipinski definition) is 1. The van der Waals surface area contributed by atoms with Gasteiger partial charge in [-0.1, -0.05) is 177 Å². The first-order chi connectivity index (χ1) is 29.6. The van der Waals surface area contributed by atoms with Crippen molar-refractivity contribution in [1.29, 1.82) is 0 Å². The number of nitrogens with zero attached hydrogens (tertiary/aromatic N) is 1. The van der Waals surface area contributed by atoms with Crippen molar-refractivity contribution in [3.05, 3.63) is 60.8 Å². The number of hydrogen-bond acceptors (Lipinski definition) is 6. The molecule has 0 fully saturated rings. The quantitative estimate of drug-likeness (QED) is 0.0214. The molecule has 0 aromatic heterocycles. The van der Waals surface area contributed by atoms with E-state index in [1.165, 1.54) is 116 Å². The maximum absolute atomic E-state index is 12.7. The highest BCUT2D eigenvalue weighted by Crippen LogP contribution is 2.43. The summed E-state index contributed by atoms with van der Waals surface area (Å²) < 4.78 is 35.1. The van der Waals surface area contributed by atoms with Crippen LogP contribution in [0.3, 0.4) is 0 Å². The number of rotatable bonds is 46. The molecule has 0 spiro atoms. The van der Waals surface area contributed by atoms with E-state index in [4.69, 9.17) is 18.5 Å². The zero-order valence-corrected chi connectivity index (χ0v) is 41.3. The third kappa shape index (κ3) is 49.1. The highest BCUT2D eigenvalue weighted by Gasteiger charge is 2.26. The van der Waals surface area contributed by atoms with Crippen LogP contribution in [0.2, 0.25) is 0 Å². The number of likely N-dealkylation sites (N-methyl/N-ethyl adjacent to an activating group) is 1. The first-order valence-corrected chi connectivity index (χ1v) is 26.5. The lowest BCUT2D eigenvalue weighted by atomic mass is 10.1. The second kappa shape index (κ2) is 44.8. The number of phosphoric acid groups is 1. The molecular weight excluding hydrogens is 782 g/mol. The van der Waals surface area contributed by atoms with E-state index in [9.17, 15) is 14.3 Å². The Kier molecular flexibility index (Phi) is 43.5. The van der Waals surface area contributed by atoms with Gasteiger partial charge in [0.05, 0.1) is 34.4 Å². The molecule has 0 rings (SSSR count). The van der Waals surface area contributed by atoms with E-state index < -0.39 is 13.9 Å². The standard InChI is InChI=1S/C52H96NO7P/c1-6-8-10-12-14-16-18-20-22-23-24-25-26-27-28-29-30-32-34-36-38-40-42-44-47-57-49-51(50-59-61(55,56)58-48-46-53(3,4)5)60-52(54)45-43-41-39-37-35-33-31-21-19-17-15-13-11-9-7-2/h15,17-18,20-21,23-24,26-27,31,51H,6-14,16,19,22,25,28-30,32-50H2,1-5H3/p+1/b17-15-,20-18-,24-23-,27-26-,31-21-. The Morgan fingerprint density at radius 3 is 1.38 bits per heavy atom. The largest absolute Gasteiger partial charge is 0.472 e. The Hall–Kier alpha value is -1.80. The van der Waals surface area contributed by atoms with Gasteiger partial charge in [-0.05, 0) is 83.5 Å². The van der Waals surface area contributed by atoms with Gasteiger partial charge in [-0.15, -0.1) is 0 Å². The number of unbranched alkanes of at least 4 members (excludes halogenated alkanes) is 22. The Bertz CT molecular complexity index is 1160. The minimum absolute atomic E-state index is 0.0823. The van der Waals surface area contributed by atoms with Crippen LogP contribution in [-0.2, 0) is 27.9 Å². The molecule has 0 aliphatic rings. The summed E-state index contributed by atoms with van der Waals surface area (Å²) in [5.41, 5.74) is 0. The summed E-state index contributed by atoms with van der Waals surface area (Å²) in [5, 5.41) is 0. The van der Waals surface area contributed by atoms with Crippen molar-refractivity contribution in [3.8, 4) is 0 Å². The normalized spacial score (nSPS) is 14.1. The summed E-state index contributed by atoms with van der Waals surface area (Å²) >= 11 is 0. The van der Waals surface area contributed by atoms with Crippen LogP contribution < -0.4 is 0 Å². The zero-order chi connectivity index (χ0) is 44.8. The van der Waals surface area contributed by atoms with Crippen molar-refractivity contribution in [2.24, 2.45) is 0 Å². The molecule has 0 aliphatic heterocycles. The van der Waals surface area contributed by atoms with Gasteiger partial charge in [0.25, 0.3) is 0 Å². The number of allylic oxidation sites excluding steroid dienone is 10. The lowest BCUT2D eigenvalue weighted by Crippen LogP contribution is -2.37. The van der Waals surface area contributed by atoms with E-state index >= 15 is 0 Å². The molecule has 2 atom stereocenters. The smallest absolute Gasteiger partial charge is 0.457 e. The van der Waals surface area contributed by atoms with Gasteiger partial charge in [0.2, 0.25) is 0 Å². The van der Waals surface area contributed by atoms with E-state index in [-0.39, 0.29) is 25.8 Å². The molecule has 0 heterocycles. The highest BCUT2D eigenvalue weighted by molar-refractivity contribution is 7.47. The van der Waals surface area contributed by atoms with Crippen molar-refractivity contribution in [3.63, 3.8) is 0 Å². The molecule has 9 heteroatoms. The average molecular weight is 879 g/mol. The first kappa shape index (κ1) is 59.2. The van der Waals surface area contributed by atoms with Crippen LogP contribution in [-0.4, -0.2) is 75.6 Å². The molecule has 0 saturated carbocycles. The predicted molar refractivity (Wildman–Crippen MR) is 261 cm³/mol. The average Bonchev–Trinajstić information content (AvgIpc) is 3.22. The monoisotopic (exact) mass is 879 g/mol. The predicted octanol–water partition coefficient (Wildman–Crippen LogP) is 15.3. The van der Waals surface area contributed by atoms with Gasteiger partial charge in [0.1, 0.15) is 19.3 Å². The Balaban J connectivity index is 4.16. The third-order valence-corrected chi connectivity index (χ3v) is 11.5. The number of esters is 1. The molecule has 0 amide bonds. The van der Waals surface area contributed by atoms with E-state index in [1.807, 2.05) is 21.1 Å². The fourth-order valence-corrected chi connectivity index (χ4v) is 7.39. The van der Waals surface area contributed by atoms with Crippen LogP contribution in [0.4, 0.5) is 0 Å². The summed E-state index contributed by atoms with van der Waals surface area (Å²) in [6.45, 7) is 5.56. The summed E-state index contributed by atoms with van der Waals surface area (Å²) in [6.07, 6.45) is 56.9. The van der Waals surface area contributed by atoms with Crippen molar-refractivity contribution in [2.45, 2.75) is 213 Å². The molecule has 0 saturated heterocycles. The number of ether oxygens (including phenoxy) is 2. The lowest BCUT2D eigenvalue weighted by molar-refractivity contribution is -0.870. The Morgan fingerprint density at radius 2 is 0.902 bits per heavy atom. The molecule has 0 aromatic rings. The van der Waals surface area contributed by atoms with Crippen molar-refractivity contribution in [2.75, 3.05) is 54.1 Å². The second-order valence-corrected chi connectivity index (χ2v) is 19.3. The van der Waals surface area contributed by atoms with Crippen LogP contribution >= 0.6 is 7.82 Å². The minimum Gasteiger partial charge on any atom is -0.457 e. The van der Waals surface area contributed by atoms with Gasteiger partial charge in [-0.25, -0.2) is 4.57 Å². The van der Waals surface area contributed by atoms with Crippen molar-refractivity contribution < 1.29 is 37.3 Å². The SMILES string of the molecule is CCCCC/C=C\C/C=C\CCCCCCCC(=O)OC(COCCCCCCCCCCC/C=C\C/C=C\C/C=C\CCCCCCC)COP(=O)(O)OCC[N+](C)(C)C. The van der Waals surface area contributed by atoms with Gasteiger partial charge < -0.3 is 18.9 Å². The second-order valence-electron chi connectivity index (χ2n) is 17.8. The topological polar surface area (TPSA) is 91.3 Å². The van der Waals surface area contributed by atoms with Gasteiger partial charge >= 0.3 is 13.8 Å². The molecule has 0 bridgehead atoms. The number of phosphoric ester groups is 1. The molecule has 8 nitrogen and oxygen atoms in total. The van der Waals surface area contributed by atoms with Gasteiger partial charge in [-0.2, -0.15) is 0 Å². The van der Waals surface area contributed by atoms with E-state index in [0.717, 1.165) is 70.6 Å². The van der Waals surface area contributed by atoms with E-state index in [1.54, 1.807) is 0 Å². The Morgan fingerprint density at radius 1 is 0.508 bits per heavy atom. The van der Waals surface area contributed by atoms with Crippen molar-refractivity contribution in [1.82, 2.24) is 0 Å². The summed E-state index contributed by atoms with van der Waals surface area (Å²) in [7, 11) is 1.65. The fourth-order valence-electron chi connectivity index (χ4n) is 6.65.